The van der Waals surface area contributed by atoms with Crippen molar-refractivity contribution in [1.29, 1.82) is 5.26 Å². The summed E-state index contributed by atoms with van der Waals surface area (Å²) in [6.45, 7) is 3.58. The predicted octanol–water partition coefficient (Wildman–Crippen LogP) is 3.95. The molecule has 2 aromatic carbocycles. The molecule has 0 amide bonds. The molecule has 0 atom stereocenters. The SMILES string of the molecule is Cn1c(-c2ccc(C#N)cc2F)nnc1C(C)(C)Oc1ccc(F)cc1. The largest absolute Gasteiger partial charge is 0.480 e. The van der Waals surface area contributed by atoms with Crippen molar-refractivity contribution in [1.82, 2.24) is 14.8 Å². The number of nitrogens with zero attached hydrogens (tertiary/aromatic N) is 4. The van der Waals surface area contributed by atoms with Gasteiger partial charge in [-0.3, -0.25) is 0 Å². The maximum atomic E-state index is 14.3. The average molecular weight is 354 g/mol. The standard InChI is InChI=1S/C19H16F2N4O/c1-19(2,26-14-7-5-13(20)6-8-14)18-24-23-17(25(18)3)15-9-4-12(11-22)10-16(15)21/h4-10H,1-3H3. The molecule has 0 aliphatic rings. The summed E-state index contributed by atoms with van der Waals surface area (Å²) in [5, 5.41) is 17.1. The Morgan fingerprint density at radius 1 is 1.08 bits per heavy atom. The number of halogens is 2. The minimum Gasteiger partial charge on any atom is -0.480 e. The second kappa shape index (κ2) is 6.56. The predicted molar refractivity (Wildman–Crippen MR) is 91.2 cm³/mol. The Hall–Kier alpha value is -3.27. The van der Waals surface area contributed by atoms with Gasteiger partial charge >= 0.3 is 0 Å². The van der Waals surface area contributed by atoms with Gasteiger partial charge in [0, 0.05) is 7.05 Å². The molecule has 0 aliphatic heterocycles. The van der Waals surface area contributed by atoms with Gasteiger partial charge in [0.1, 0.15) is 17.4 Å². The average Bonchev–Trinajstić information content (AvgIpc) is 2.99. The zero-order valence-corrected chi connectivity index (χ0v) is 14.5. The Morgan fingerprint density at radius 3 is 2.38 bits per heavy atom. The van der Waals surface area contributed by atoms with E-state index in [0.717, 1.165) is 6.07 Å². The van der Waals surface area contributed by atoms with Gasteiger partial charge in [0.25, 0.3) is 0 Å². The second-order valence-electron chi connectivity index (χ2n) is 6.28. The first-order chi connectivity index (χ1) is 12.3. The lowest BCUT2D eigenvalue weighted by Gasteiger charge is -2.25. The van der Waals surface area contributed by atoms with Gasteiger partial charge in [0.05, 0.1) is 17.2 Å². The number of hydrogen-bond acceptors (Lipinski definition) is 4. The summed E-state index contributed by atoms with van der Waals surface area (Å²) in [5.41, 5.74) is -0.419. The van der Waals surface area contributed by atoms with Crippen molar-refractivity contribution in [2.45, 2.75) is 19.4 Å². The molecule has 132 valence electrons. The molecule has 0 aliphatic carbocycles. The molecule has 7 heteroatoms. The fourth-order valence-electron chi connectivity index (χ4n) is 2.70. The number of hydrogen-bond donors (Lipinski definition) is 0. The fourth-order valence-corrected chi connectivity index (χ4v) is 2.70. The van der Waals surface area contributed by atoms with E-state index in [1.165, 1.54) is 36.4 Å². The molecule has 3 aromatic rings. The summed E-state index contributed by atoms with van der Waals surface area (Å²) in [7, 11) is 1.71. The summed E-state index contributed by atoms with van der Waals surface area (Å²) in [6, 6.07) is 11.7. The van der Waals surface area contributed by atoms with E-state index in [1.807, 2.05) is 6.07 Å². The zero-order valence-electron chi connectivity index (χ0n) is 14.5. The van der Waals surface area contributed by atoms with Crippen LogP contribution < -0.4 is 4.74 Å². The third kappa shape index (κ3) is 3.26. The molecule has 0 saturated heterocycles. The normalized spacial score (nSPS) is 11.2. The number of benzene rings is 2. The first-order valence-corrected chi connectivity index (χ1v) is 7.86. The molecule has 0 spiro atoms. The van der Waals surface area contributed by atoms with Crippen LogP contribution in [0.15, 0.2) is 42.5 Å². The highest BCUT2D eigenvalue weighted by Crippen LogP contribution is 2.29. The summed E-state index contributed by atoms with van der Waals surface area (Å²) in [5.74, 6) is 0.361. The molecule has 1 heterocycles. The third-order valence-corrected chi connectivity index (χ3v) is 3.94. The molecule has 3 rings (SSSR count). The molecule has 5 nitrogen and oxygen atoms in total. The summed E-state index contributed by atoms with van der Waals surface area (Å²) in [6.07, 6.45) is 0. The van der Waals surface area contributed by atoms with Gasteiger partial charge in [-0.15, -0.1) is 10.2 Å². The number of aromatic nitrogens is 3. The van der Waals surface area contributed by atoms with Crippen LogP contribution >= 0.6 is 0 Å². The summed E-state index contributed by atoms with van der Waals surface area (Å²) in [4.78, 5) is 0. The first-order valence-electron chi connectivity index (χ1n) is 7.86. The van der Waals surface area contributed by atoms with Gasteiger partial charge < -0.3 is 9.30 Å². The van der Waals surface area contributed by atoms with E-state index >= 15 is 0 Å². The topological polar surface area (TPSA) is 63.7 Å². The van der Waals surface area contributed by atoms with E-state index in [2.05, 4.69) is 10.2 Å². The van der Waals surface area contributed by atoms with Crippen LogP contribution in [0.1, 0.15) is 25.2 Å². The Morgan fingerprint density at radius 2 is 1.77 bits per heavy atom. The van der Waals surface area contributed by atoms with Crippen LogP contribution in [-0.2, 0) is 12.6 Å². The molecule has 0 fully saturated rings. The highest BCUT2D eigenvalue weighted by atomic mass is 19.1. The maximum absolute atomic E-state index is 14.3. The lowest BCUT2D eigenvalue weighted by molar-refractivity contribution is 0.0948. The molecular formula is C19H16F2N4O. The number of ether oxygens (including phenoxy) is 1. The quantitative estimate of drug-likeness (QED) is 0.712. The lowest BCUT2D eigenvalue weighted by Crippen LogP contribution is -2.29. The molecule has 0 saturated carbocycles. The van der Waals surface area contributed by atoms with Crippen LogP contribution in [0.5, 0.6) is 5.75 Å². The molecule has 0 radical (unpaired) electrons. The molecule has 0 N–H and O–H groups in total. The monoisotopic (exact) mass is 354 g/mol. The van der Waals surface area contributed by atoms with E-state index in [4.69, 9.17) is 10.00 Å². The van der Waals surface area contributed by atoms with Crippen molar-refractivity contribution >= 4 is 0 Å². The van der Waals surface area contributed by atoms with Crippen LogP contribution in [0, 0.1) is 23.0 Å². The number of nitriles is 1. The maximum Gasteiger partial charge on any atom is 0.176 e. The first kappa shape index (κ1) is 17.5. The Bertz CT molecular complexity index is 988. The fraction of sp³-hybridized carbons (Fsp3) is 0.211. The zero-order chi connectivity index (χ0) is 18.9. The van der Waals surface area contributed by atoms with E-state index in [0.29, 0.717) is 17.4 Å². The molecule has 1 aromatic heterocycles. The van der Waals surface area contributed by atoms with Gasteiger partial charge in [-0.25, -0.2) is 8.78 Å². The number of rotatable bonds is 4. The molecule has 0 bridgehead atoms. The van der Waals surface area contributed by atoms with E-state index < -0.39 is 11.4 Å². The van der Waals surface area contributed by atoms with Crippen molar-refractivity contribution in [3.8, 4) is 23.2 Å². The minimum atomic E-state index is -0.888. The van der Waals surface area contributed by atoms with E-state index in [9.17, 15) is 8.78 Å². The Labute approximate surface area is 149 Å². The van der Waals surface area contributed by atoms with Crippen molar-refractivity contribution in [2.24, 2.45) is 7.05 Å². The second-order valence-corrected chi connectivity index (χ2v) is 6.28. The van der Waals surface area contributed by atoms with Crippen LogP contribution in [0.2, 0.25) is 0 Å². The van der Waals surface area contributed by atoms with Crippen LogP contribution in [0.25, 0.3) is 11.4 Å². The smallest absolute Gasteiger partial charge is 0.176 e. The van der Waals surface area contributed by atoms with Crippen LogP contribution in [0.4, 0.5) is 8.78 Å². The Balaban J connectivity index is 1.95. The third-order valence-electron chi connectivity index (χ3n) is 3.94. The van der Waals surface area contributed by atoms with E-state index in [1.54, 1.807) is 25.5 Å². The van der Waals surface area contributed by atoms with Gasteiger partial charge in [0.15, 0.2) is 17.2 Å². The van der Waals surface area contributed by atoms with Gasteiger partial charge in [-0.2, -0.15) is 5.26 Å². The van der Waals surface area contributed by atoms with Crippen molar-refractivity contribution < 1.29 is 13.5 Å². The lowest BCUT2D eigenvalue weighted by atomic mass is 10.1. The van der Waals surface area contributed by atoms with Crippen molar-refractivity contribution in [2.75, 3.05) is 0 Å². The van der Waals surface area contributed by atoms with Gasteiger partial charge in [-0.1, -0.05) is 0 Å². The van der Waals surface area contributed by atoms with Gasteiger partial charge in [-0.05, 0) is 56.3 Å². The highest BCUT2D eigenvalue weighted by molar-refractivity contribution is 5.58. The van der Waals surface area contributed by atoms with Crippen LogP contribution in [0.3, 0.4) is 0 Å². The highest BCUT2D eigenvalue weighted by Gasteiger charge is 2.30. The molecular weight excluding hydrogens is 338 g/mol. The van der Waals surface area contributed by atoms with E-state index in [-0.39, 0.29) is 16.9 Å². The van der Waals surface area contributed by atoms with Gasteiger partial charge in [0.2, 0.25) is 0 Å². The minimum absolute atomic E-state index is 0.230. The Kier molecular flexibility index (Phi) is 4.43. The van der Waals surface area contributed by atoms with Crippen LogP contribution in [-0.4, -0.2) is 14.8 Å². The summed E-state index contributed by atoms with van der Waals surface area (Å²) < 4.78 is 34.9. The van der Waals surface area contributed by atoms with Crippen molar-refractivity contribution in [3.63, 3.8) is 0 Å². The summed E-state index contributed by atoms with van der Waals surface area (Å²) >= 11 is 0. The molecule has 26 heavy (non-hydrogen) atoms. The molecule has 0 unspecified atom stereocenters. The van der Waals surface area contributed by atoms with Crippen molar-refractivity contribution in [3.05, 3.63) is 65.5 Å².